The Morgan fingerprint density at radius 2 is 2.07 bits per heavy atom. The highest BCUT2D eigenvalue weighted by atomic mass is 15.1. The van der Waals surface area contributed by atoms with Crippen molar-refractivity contribution >= 4 is 5.69 Å². The van der Waals surface area contributed by atoms with E-state index in [9.17, 15) is 0 Å². The third kappa shape index (κ3) is 1.75. The van der Waals surface area contributed by atoms with Crippen molar-refractivity contribution in [3.8, 4) is 0 Å². The topological polar surface area (TPSA) is 29.3 Å². The zero-order valence-corrected chi connectivity index (χ0v) is 8.96. The summed E-state index contributed by atoms with van der Waals surface area (Å²) < 4.78 is 0. The molecule has 0 amide bonds. The van der Waals surface area contributed by atoms with Gasteiger partial charge in [-0.25, -0.2) is 0 Å². The molecule has 1 aromatic carbocycles. The molecule has 1 aliphatic carbocycles. The average molecular weight is 190 g/mol. The minimum atomic E-state index is 0.368. The van der Waals surface area contributed by atoms with Crippen molar-refractivity contribution < 1.29 is 0 Å². The first kappa shape index (κ1) is 9.53. The van der Waals surface area contributed by atoms with Gasteiger partial charge in [0.15, 0.2) is 0 Å². The van der Waals surface area contributed by atoms with E-state index >= 15 is 0 Å². The molecule has 1 aromatic rings. The minimum Gasteiger partial charge on any atom is -0.378 e. The van der Waals surface area contributed by atoms with Crippen LogP contribution in [0, 0.1) is 0 Å². The Labute approximate surface area is 85.7 Å². The SMILES string of the molecule is CN(C)c1ccc2c(c1)CC[C@H](N)C2. The van der Waals surface area contributed by atoms with Gasteiger partial charge in [0.25, 0.3) is 0 Å². The molecule has 0 aromatic heterocycles. The van der Waals surface area contributed by atoms with Gasteiger partial charge in [0.2, 0.25) is 0 Å². The van der Waals surface area contributed by atoms with E-state index in [1.807, 2.05) is 0 Å². The highest BCUT2D eigenvalue weighted by Gasteiger charge is 2.15. The van der Waals surface area contributed by atoms with Gasteiger partial charge >= 0.3 is 0 Å². The predicted molar refractivity (Wildman–Crippen MR) is 60.8 cm³/mol. The van der Waals surface area contributed by atoms with Gasteiger partial charge in [0, 0.05) is 25.8 Å². The van der Waals surface area contributed by atoms with Gasteiger partial charge in [-0.1, -0.05) is 6.07 Å². The number of nitrogens with two attached hydrogens (primary N) is 1. The van der Waals surface area contributed by atoms with Crippen molar-refractivity contribution in [1.29, 1.82) is 0 Å². The lowest BCUT2D eigenvalue weighted by atomic mass is 9.88. The summed E-state index contributed by atoms with van der Waals surface area (Å²) in [7, 11) is 4.16. The molecule has 1 aliphatic rings. The van der Waals surface area contributed by atoms with Crippen LogP contribution in [-0.2, 0) is 12.8 Å². The van der Waals surface area contributed by atoms with Crippen LogP contribution in [0.5, 0.6) is 0 Å². The first-order valence-electron chi connectivity index (χ1n) is 5.21. The van der Waals surface area contributed by atoms with E-state index in [1.165, 1.54) is 16.8 Å². The van der Waals surface area contributed by atoms with Gasteiger partial charge in [-0.05, 0) is 42.5 Å². The largest absolute Gasteiger partial charge is 0.378 e. The van der Waals surface area contributed by atoms with E-state index in [4.69, 9.17) is 5.73 Å². The Morgan fingerprint density at radius 1 is 1.29 bits per heavy atom. The van der Waals surface area contributed by atoms with E-state index in [2.05, 4.69) is 37.2 Å². The van der Waals surface area contributed by atoms with E-state index in [-0.39, 0.29) is 0 Å². The Kier molecular flexibility index (Phi) is 2.46. The lowest BCUT2D eigenvalue weighted by molar-refractivity contribution is 0.576. The zero-order valence-electron chi connectivity index (χ0n) is 8.96. The third-order valence-electron chi connectivity index (χ3n) is 2.97. The second kappa shape index (κ2) is 3.62. The van der Waals surface area contributed by atoms with Crippen LogP contribution >= 0.6 is 0 Å². The molecule has 2 nitrogen and oxygen atoms in total. The summed E-state index contributed by atoms with van der Waals surface area (Å²) in [5.74, 6) is 0. The number of hydrogen-bond donors (Lipinski definition) is 1. The molecule has 0 fully saturated rings. The molecule has 76 valence electrons. The maximum atomic E-state index is 5.94. The number of benzene rings is 1. The molecule has 0 saturated heterocycles. The fourth-order valence-corrected chi connectivity index (χ4v) is 2.05. The second-order valence-electron chi connectivity index (χ2n) is 4.35. The Balaban J connectivity index is 2.31. The number of hydrogen-bond acceptors (Lipinski definition) is 2. The van der Waals surface area contributed by atoms with Crippen molar-refractivity contribution in [3.05, 3.63) is 29.3 Å². The summed E-state index contributed by atoms with van der Waals surface area (Å²) in [4.78, 5) is 2.15. The van der Waals surface area contributed by atoms with Crippen molar-refractivity contribution in [1.82, 2.24) is 0 Å². The predicted octanol–water partition coefficient (Wildman–Crippen LogP) is 1.57. The standard InChI is InChI=1S/C12H18N2/c1-14(2)12-6-4-9-7-11(13)5-3-10(9)8-12/h4,6,8,11H,3,5,7,13H2,1-2H3/t11-/m0/s1. The number of fused-ring (bicyclic) bond motifs is 1. The van der Waals surface area contributed by atoms with Crippen LogP contribution in [0.25, 0.3) is 0 Å². The van der Waals surface area contributed by atoms with Gasteiger partial charge < -0.3 is 10.6 Å². The second-order valence-corrected chi connectivity index (χ2v) is 4.35. The van der Waals surface area contributed by atoms with Gasteiger partial charge in [-0.15, -0.1) is 0 Å². The zero-order chi connectivity index (χ0) is 10.1. The summed E-state index contributed by atoms with van der Waals surface area (Å²) >= 11 is 0. The van der Waals surface area contributed by atoms with Gasteiger partial charge in [0.1, 0.15) is 0 Å². The number of nitrogens with zero attached hydrogens (tertiary/aromatic N) is 1. The Morgan fingerprint density at radius 3 is 2.79 bits per heavy atom. The van der Waals surface area contributed by atoms with E-state index in [0.717, 1.165) is 19.3 Å². The molecule has 2 heteroatoms. The minimum absolute atomic E-state index is 0.368. The van der Waals surface area contributed by atoms with Crippen LogP contribution in [0.3, 0.4) is 0 Å². The van der Waals surface area contributed by atoms with Gasteiger partial charge in [0.05, 0.1) is 0 Å². The summed E-state index contributed by atoms with van der Waals surface area (Å²) in [6.07, 6.45) is 3.31. The molecule has 2 rings (SSSR count). The van der Waals surface area contributed by atoms with Crippen molar-refractivity contribution in [3.63, 3.8) is 0 Å². The van der Waals surface area contributed by atoms with Crippen LogP contribution < -0.4 is 10.6 Å². The van der Waals surface area contributed by atoms with Crippen LogP contribution in [0.4, 0.5) is 5.69 Å². The van der Waals surface area contributed by atoms with Crippen molar-refractivity contribution in [2.75, 3.05) is 19.0 Å². The monoisotopic (exact) mass is 190 g/mol. The normalized spacial score (nSPS) is 20.4. The van der Waals surface area contributed by atoms with E-state index in [1.54, 1.807) is 0 Å². The molecular weight excluding hydrogens is 172 g/mol. The van der Waals surface area contributed by atoms with Crippen LogP contribution in [0.15, 0.2) is 18.2 Å². The first-order valence-corrected chi connectivity index (χ1v) is 5.21. The first-order chi connectivity index (χ1) is 6.66. The summed E-state index contributed by atoms with van der Waals surface area (Å²) in [5.41, 5.74) is 10.2. The van der Waals surface area contributed by atoms with Gasteiger partial charge in [-0.2, -0.15) is 0 Å². The molecule has 0 spiro atoms. The smallest absolute Gasteiger partial charge is 0.0363 e. The third-order valence-corrected chi connectivity index (χ3v) is 2.97. The van der Waals surface area contributed by atoms with Crippen LogP contribution in [0.2, 0.25) is 0 Å². The molecule has 14 heavy (non-hydrogen) atoms. The maximum Gasteiger partial charge on any atom is 0.0363 e. The molecule has 1 atom stereocenters. The molecule has 0 aliphatic heterocycles. The summed E-state index contributed by atoms with van der Waals surface area (Å²) in [6, 6.07) is 7.06. The fourth-order valence-electron chi connectivity index (χ4n) is 2.05. The maximum absolute atomic E-state index is 5.94. The number of anilines is 1. The number of aryl methyl sites for hydroxylation is 1. The number of rotatable bonds is 1. The van der Waals surface area contributed by atoms with E-state index < -0.39 is 0 Å². The lowest BCUT2D eigenvalue weighted by Gasteiger charge is -2.23. The Hall–Kier alpha value is -1.02. The van der Waals surface area contributed by atoms with E-state index in [0.29, 0.717) is 6.04 Å². The molecule has 0 unspecified atom stereocenters. The fraction of sp³-hybridized carbons (Fsp3) is 0.500. The van der Waals surface area contributed by atoms with Crippen molar-refractivity contribution in [2.24, 2.45) is 5.73 Å². The lowest BCUT2D eigenvalue weighted by Crippen LogP contribution is -2.27. The summed E-state index contributed by atoms with van der Waals surface area (Å²) in [6.45, 7) is 0. The van der Waals surface area contributed by atoms with Crippen LogP contribution in [-0.4, -0.2) is 20.1 Å². The van der Waals surface area contributed by atoms with Crippen LogP contribution in [0.1, 0.15) is 17.5 Å². The summed E-state index contributed by atoms with van der Waals surface area (Å²) in [5, 5.41) is 0. The molecule has 0 radical (unpaired) electrons. The van der Waals surface area contributed by atoms with Gasteiger partial charge in [-0.3, -0.25) is 0 Å². The Bertz CT molecular complexity index is 331. The molecule has 2 N–H and O–H groups in total. The average Bonchev–Trinajstić information content (AvgIpc) is 2.16. The quantitative estimate of drug-likeness (QED) is 0.728. The molecule has 0 saturated carbocycles. The van der Waals surface area contributed by atoms with Crippen molar-refractivity contribution in [2.45, 2.75) is 25.3 Å². The molecule has 0 heterocycles. The highest BCUT2D eigenvalue weighted by Crippen LogP contribution is 2.24. The molecule has 0 bridgehead atoms. The molecular formula is C12H18N2. The highest BCUT2D eigenvalue weighted by molar-refractivity contribution is 5.50.